The summed E-state index contributed by atoms with van der Waals surface area (Å²) in [4.78, 5) is 0.250. The Morgan fingerprint density at radius 3 is 2.50 bits per heavy atom. The van der Waals surface area contributed by atoms with Crippen molar-refractivity contribution in [1.29, 1.82) is 0 Å². The first kappa shape index (κ1) is 12.8. The summed E-state index contributed by atoms with van der Waals surface area (Å²) < 4.78 is 29.0. The largest absolute Gasteiger partial charge is 0.495 e. The van der Waals surface area contributed by atoms with Gasteiger partial charge >= 0.3 is 0 Å². The highest BCUT2D eigenvalue weighted by Gasteiger charge is 2.22. The minimum Gasteiger partial charge on any atom is -0.495 e. The summed E-state index contributed by atoms with van der Waals surface area (Å²) >= 11 is 0. The van der Waals surface area contributed by atoms with Crippen LogP contribution in [0.4, 0.5) is 5.69 Å². The Morgan fingerprint density at radius 1 is 1.44 bits per heavy atom. The summed E-state index contributed by atoms with van der Waals surface area (Å²) in [6.45, 7) is 3.53. The third kappa shape index (κ3) is 2.29. The van der Waals surface area contributed by atoms with Crippen LogP contribution in [-0.4, -0.2) is 20.8 Å². The summed E-state index contributed by atoms with van der Waals surface area (Å²) in [7, 11) is -1.78. The van der Waals surface area contributed by atoms with Crippen LogP contribution < -0.4 is 10.5 Å². The predicted octanol–water partition coefficient (Wildman–Crippen LogP) is 1.85. The van der Waals surface area contributed by atoms with E-state index < -0.39 is 15.1 Å². The highest BCUT2D eigenvalue weighted by molar-refractivity contribution is 7.92. The van der Waals surface area contributed by atoms with Crippen molar-refractivity contribution in [3.63, 3.8) is 0 Å². The van der Waals surface area contributed by atoms with Crippen molar-refractivity contribution in [2.24, 2.45) is 0 Å². The molecule has 0 saturated carbocycles. The van der Waals surface area contributed by atoms with Gasteiger partial charge in [0.25, 0.3) is 0 Å². The molecule has 0 aliphatic heterocycles. The van der Waals surface area contributed by atoms with Gasteiger partial charge in [-0.3, -0.25) is 0 Å². The standard InChI is InChI=1S/C11H17NO3S/c1-4-8(2)16(13,14)9-5-6-11(15-3)10(12)7-9/h5-8H,4,12H2,1-3H3. The van der Waals surface area contributed by atoms with E-state index in [4.69, 9.17) is 10.5 Å². The molecular weight excluding hydrogens is 226 g/mol. The Labute approximate surface area is 96.3 Å². The summed E-state index contributed by atoms with van der Waals surface area (Å²) in [6, 6.07) is 4.54. The zero-order valence-electron chi connectivity index (χ0n) is 9.73. The maximum Gasteiger partial charge on any atom is 0.181 e. The number of benzene rings is 1. The van der Waals surface area contributed by atoms with Crippen molar-refractivity contribution in [2.45, 2.75) is 30.4 Å². The van der Waals surface area contributed by atoms with Gasteiger partial charge in [0.1, 0.15) is 5.75 Å². The number of ether oxygens (including phenoxy) is 1. The van der Waals surface area contributed by atoms with E-state index in [0.29, 0.717) is 17.9 Å². The van der Waals surface area contributed by atoms with Crippen LogP contribution in [0.1, 0.15) is 20.3 Å². The molecule has 0 aliphatic rings. The molecule has 16 heavy (non-hydrogen) atoms. The number of methoxy groups -OCH3 is 1. The molecular formula is C11H17NO3S. The second-order valence-electron chi connectivity index (χ2n) is 3.67. The minimum absolute atomic E-state index is 0.250. The molecule has 0 heterocycles. The van der Waals surface area contributed by atoms with Gasteiger partial charge in [-0.25, -0.2) is 8.42 Å². The number of hydrogen-bond acceptors (Lipinski definition) is 4. The Bertz CT molecular complexity index is 468. The molecule has 5 heteroatoms. The number of hydrogen-bond donors (Lipinski definition) is 1. The molecule has 0 radical (unpaired) electrons. The molecule has 1 aromatic rings. The first-order valence-electron chi connectivity index (χ1n) is 5.10. The van der Waals surface area contributed by atoms with Crippen LogP contribution in [0.15, 0.2) is 23.1 Å². The van der Waals surface area contributed by atoms with E-state index in [1.165, 1.54) is 19.2 Å². The number of anilines is 1. The van der Waals surface area contributed by atoms with E-state index in [1.807, 2.05) is 6.92 Å². The summed E-state index contributed by atoms with van der Waals surface area (Å²) in [5, 5.41) is -0.403. The lowest BCUT2D eigenvalue weighted by Crippen LogP contribution is -2.17. The second-order valence-corrected chi connectivity index (χ2v) is 6.03. The molecule has 0 spiro atoms. The Hall–Kier alpha value is -1.23. The maximum absolute atomic E-state index is 12.0. The van der Waals surface area contributed by atoms with Gasteiger partial charge in [-0.15, -0.1) is 0 Å². The lowest BCUT2D eigenvalue weighted by molar-refractivity contribution is 0.416. The number of nitrogen functional groups attached to an aromatic ring is 1. The van der Waals surface area contributed by atoms with E-state index in [-0.39, 0.29) is 4.90 Å². The summed E-state index contributed by atoms with van der Waals surface area (Å²) in [5.41, 5.74) is 6.02. The molecule has 1 unspecified atom stereocenters. The smallest absolute Gasteiger partial charge is 0.181 e. The molecule has 1 aromatic carbocycles. The first-order chi connectivity index (χ1) is 7.43. The normalized spacial score (nSPS) is 13.4. The predicted molar refractivity (Wildman–Crippen MR) is 64.3 cm³/mol. The molecule has 0 fully saturated rings. The van der Waals surface area contributed by atoms with Gasteiger partial charge in [-0.05, 0) is 31.5 Å². The van der Waals surface area contributed by atoms with Gasteiger partial charge in [-0.1, -0.05) is 6.92 Å². The fourth-order valence-corrected chi connectivity index (χ4v) is 2.79. The van der Waals surface area contributed by atoms with Crippen LogP contribution in [0.25, 0.3) is 0 Å². The molecule has 1 atom stereocenters. The first-order valence-corrected chi connectivity index (χ1v) is 6.65. The fraction of sp³-hybridized carbons (Fsp3) is 0.455. The second kappa shape index (κ2) is 4.74. The average molecular weight is 243 g/mol. The molecule has 0 saturated heterocycles. The van der Waals surface area contributed by atoms with Crippen molar-refractivity contribution in [1.82, 2.24) is 0 Å². The Morgan fingerprint density at radius 2 is 2.06 bits per heavy atom. The summed E-state index contributed by atoms with van der Waals surface area (Å²) in [6.07, 6.45) is 0.578. The molecule has 0 bridgehead atoms. The van der Waals surface area contributed by atoms with Crippen LogP contribution in [0.2, 0.25) is 0 Å². The van der Waals surface area contributed by atoms with Crippen molar-refractivity contribution in [2.75, 3.05) is 12.8 Å². The monoisotopic (exact) mass is 243 g/mol. The van der Waals surface area contributed by atoms with Crippen molar-refractivity contribution in [3.8, 4) is 5.75 Å². The third-order valence-corrected chi connectivity index (χ3v) is 4.94. The van der Waals surface area contributed by atoms with Crippen molar-refractivity contribution in [3.05, 3.63) is 18.2 Å². The molecule has 0 aliphatic carbocycles. The quantitative estimate of drug-likeness (QED) is 0.819. The van der Waals surface area contributed by atoms with Crippen LogP contribution >= 0.6 is 0 Å². The van der Waals surface area contributed by atoms with E-state index >= 15 is 0 Å². The maximum atomic E-state index is 12.0. The molecule has 0 aromatic heterocycles. The topological polar surface area (TPSA) is 69.4 Å². The Kier molecular flexibility index (Phi) is 3.80. The lowest BCUT2D eigenvalue weighted by atomic mass is 10.3. The van der Waals surface area contributed by atoms with Gasteiger partial charge in [0.2, 0.25) is 0 Å². The Balaban J connectivity index is 3.21. The molecule has 90 valence electrons. The fourth-order valence-electron chi connectivity index (χ4n) is 1.34. The van der Waals surface area contributed by atoms with Crippen molar-refractivity contribution >= 4 is 15.5 Å². The van der Waals surface area contributed by atoms with Crippen LogP contribution in [0, 0.1) is 0 Å². The van der Waals surface area contributed by atoms with E-state index in [0.717, 1.165) is 0 Å². The zero-order valence-corrected chi connectivity index (χ0v) is 10.5. The lowest BCUT2D eigenvalue weighted by Gasteiger charge is -2.12. The van der Waals surface area contributed by atoms with Gasteiger partial charge in [0.15, 0.2) is 9.84 Å². The van der Waals surface area contributed by atoms with Crippen molar-refractivity contribution < 1.29 is 13.2 Å². The van der Waals surface area contributed by atoms with Gasteiger partial charge < -0.3 is 10.5 Å². The number of sulfone groups is 1. The van der Waals surface area contributed by atoms with E-state index in [1.54, 1.807) is 13.0 Å². The molecule has 4 nitrogen and oxygen atoms in total. The third-order valence-electron chi connectivity index (χ3n) is 2.63. The molecule has 0 amide bonds. The van der Waals surface area contributed by atoms with E-state index in [9.17, 15) is 8.42 Å². The van der Waals surface area contributed by atoms with Crippen LogP contribution in [0.5, 0.6) is 5.75 Å². The number of nitrogens with two attached hydrogens (primary N) is 1. The van der Waals surface area contributed by atoms with Gasteiger partial charge in [0, 0.05) is 0 Å². The van der Waals surface area contributed by atoms with E-state index in [2.05, 4.69) is 0 Å². The average Bonchev–Trinajstić information content (AvgIpc) is 2.27. The molecule has 2 N–H and O–H groups in total. The zero-order chi connectivity index (χ0) is 12.3. The van der Waals surface area contributed by atoms with Crippen LogP contribution in [0.3, 0.4) is 0 Å². The number of rotatable bonds is 4. The highest BCUT2D eigenvalue weighted by atomic mass is 32.2. The molecule has 1 rings (SSSR count). The highest BCUT2D eigenvalue weighted by Crippen LogP contribution is 2.26. The SMILES string of the molecule is CCC(C)S(=O)(=O)c1ccc(OC)c(N)c1. The van der Waals surface area contributed by atoms with Gasteiger partial charge in [-0.2, -0.15) is 0 Å². The minimum atomic E-state index is -3.27. The van der Waals surface area contributed by atoms with Crippen LogP contribution in [-0.2, 0) is 9.84 Å². The summed E-state index contributed by atoms with van der Waals surface area (Å²) in [5.74, 6) is 0.489. The van der Waals surface area contributed by atoms with Gasteiger partial charge in [0.05, 0.1) is 22.9 Å².